The summed E-state index contributed by atoms with van der Waals surface area (Å²) >= 11 is 0. The standard InChI is InChI=1S/C11H11NO6S2/c1-19(14,15)12(20(2,16)17)9-4-5-10-8(7-9)3-6-11(13)18-10/h3-7H,1-2H3. The van der Waals surface area contributed by atoms with Gasteiger partial charge in [-0.2, -0.15) is 3.71 Å². The summed E-state index contributed by atoms with van der Waals surface area (Å²) in [5, 5.41) is 0.416. The minimum absolute atomic E-state index is 0.0450. The highest BCUT2D eigenvalue weighted by molar-refractivity contribution is 8.09. The summed E-state index contributed by atoms with van der Waals surface area (Å²) in [4.78, 5) is 11.1. The van der Waals surface area contributed by atoms with E-state index in [9.17, 15) is 21.6 Å². The average molecular weight is 317 g/mol. The predicted molar refractivity (Wildman–Crippen MR) is 74.7 cm³/mol. The van der Waals surface area contributed by atoms with E-state index in [1.165, 1.54) is 24.3 Å². The predicted octanol–water partition coefficient (Wildman–Crippen LogP) is 0.519. The lowest BCUT2D eigenvalue weighted by molar-refractivity contribution is 0.561. The van der Waals surface area contributed by atoms with Crippen LogP contribution < -0.4 is 9.34 Å². The molecule has 1 aromatic heterocycles. The van der Waals surface area contributed by atoms with Gasteiger partial charge >= 0.3 is 5.63 Å². The van der Waals surface area contributed by atoms with Gasteiger partial charge in [0.1, 0.15) is 5.58 Å². The summed E-state index contributed by atoms with van der Waals surface area (Å²) < 4.78 is 51.8. The van der Waals surface area contributed by atoms with Gasteiger partial charge in [-0.15, -0.1) is 0 Å². The largest absolute Gasteiger partial charge is 0.423 e. The van der Waals surface area contributed by atoms with E-state index in [4.69, 9.17) is 4.42 Å². The van der Waals surface area contributed by atoms with E-state index in [-0.39, 0.29) is 11.3 Å². The fourth-order valence-corrected chi connectivity index (χ4v) is 4.76. The molecule has 20 heavy (non-hydrogen) atoms. The molecule has 1 aromatic carbocycles. The van der Waals surface area contributed by atoms with E-state index in [1.54, 1.807) is 0 Å². The molecule has 0 atom stereocenters. The minimum Gasteiger partial charge on any atom is -0.423 e. The summed E-state index contributed by atoms with van der Waals surface area (Å²) in [6.07, 6.45) is 1.59. The molecule has 7 nitrogen and oxygen atoms in total. The van der Waals surface area contributed by atoms with Crippen LogP contribution in [-0.2, 0) is 20.0 Å². The summed E-state index contributed by atoms with van der Waals surface area (Å²) in [5.41, 5.74) is -0.354. The molecule has 0 radical (unpaired) electrons. The first-order valence-electron chi connectivity index (χ1n) is 5.33. The zero-order valence-corrected chi connectivity index (χ0v) is 12.2. The van der Waals surface area contributed by atoms with E-state index >= 15 is 0 Å². The minimum atomic E-state index is -4.00. The molecule has 0 N–H and O–H groups in total. The molecule has 9 heteroatoms. The number of rotatable bonds is 3. The number of hydrogen-bond acceptors (Lipinski definition) is 6. The molecule has 0 aliphatic heterocycles. The van der Waals surface area contributed by atoms with E-state index in [0.717, 1.165) is 18.6 Å². The maximum Gasteiger partial charge on any atom is 0.336 e. The van der Waals surface area contributed by atoms with Crippen molar-refractivity contribution in [3.8, 4) is 0 Å². The number of fused-ring (bicyclic) bond motifs is 1. The van der Waals surface area contributed by atoms with Crippen molar-refractivity contribution in [3.05, 3.63) is 40.8 Å². The van der Waals surface area contributed by atoms with E-state index < -0.39 is 25.7 Å². The molecule has 0 saturated carbocycles. The third-order valence-electron chi connectivity index (χ3n) is 2.42. The Kier molecular flexibility index (Phi) is 3.34. The fraction of sp³-hybridized carbons (Fsp3) is 0.182. The Labute approximate surface area is 115 Å². The highest BCUT2D eigenvalue weighted by Gasteiger charge is 2.27. The molecule has 0 aliphatic carbocycles. The Hall–Kier alpha value is -1.87. The SMILES string of the molecule is CS(=O)(=O)N(c1ccc2oc(=O)ccc2c1)S(C)(=O)=O. The van der Waals surface area contributed by atoms with E-state index in [2.05, 4.69) is 0 Å². The lowest BCUT2D eigenvalue weighted by atomic mass is 10.2. The van der Waals surface area contributed by atoms with Gasteiger partial charge < -0.3 is 4.42 Å². The smallest absolute Gasteiger partial charge is 0.336 e. The second-order valence-corrected chi connectivity index (χ2v) is 8.09. The number of anilines is 1. The van der Waals surface area contributed by atoms with Crippen molar-refractivity contribution in [2.75, 3.05) is 16.2 Å². The molecule has 0 saturated heterocycles. The second kappa shape index (κ2) is 4.60. The van der Waals surface area contributed by atoms with Gasteiger partial charge in [0.2, 0.25) is 20.0 Å². The zero-order chi connectivity index (χ0) is 15.1. The number of hydrogen-bond donors (Lipinski definition) is 0. The van der Waals surface area contributed by atoms with Gasteiger partial charge in [-0.1, -0.05) is 0 Å². The molecule has 0 fully saturated rings. The second-order valence-electron chi connectivity index (χ2n) is 4.20. The summed E-state index contributed by atoms with van der Waals surface area (Å²) in [6, 6.07) is 6.51. The van der Waals surface area contributed by atoms with Gasteiger partial charge in [0.25, 0.3) is 0 Å². The van der Waals surface area contributed by atoms with Gasteiger partial charge in [-0.25, -0.2) is 21.6 Å². The summed E-state index contributed by atoms with van der Waals surface area (Å²) in [5.74, 6) is 0. The van der Waals surface area contributed by atoms with E-state index in [1.807, 2.05) is 0 Å². The first kappa shape index (κ1) is 14.5. The molecule has 0 aliphatic rings. The van der Waals surface area contributed by atoms with Crippen LogP contribution in [0.2, 0.25) is 0 Å². The van der Waals surface area contributed by atoms with Crippen LogP contribution in [0.5, 0.6) is 0 Å². The number of benzene rings is 1. The zero-order valence-electron chi connectivity index (χ0n) is 10.6. The summed E-state index contributed by atoms with van der Waals surface area (Å²) in [6.45, 7) is 0. The van der Waals surface area contributed by atoms with Gasteiger partial charge in [-0.05, 0) is 24.3 Å². The van der Waals surface area contributed by atoms with Gasteiger partial charge in [0.05, 0.1) is 18.2 Å². The molecule has 108 valence electrons. The van der Waals surface area contributed by atoms with Crippen molar-refractivity contribution in [1.82, 2.24) is 0 Å². The van der Waals surface area contributed by atoms with Crippen molar-refractivity contribution in [2.24, 2.45) is 0 Å². The molecule has 0 spiro atoms. The average Bonchev–Trinajstić information content (AvgIpc) is 2.25. The molecule has 1 heterocycles. The molecule has 0 amide bonds. The van der Waals surface area contributed by atoms with Crippen molar-refractivity contribution < 1.29 is 21.3 Å². The third kappa shape index (κ3) is 2.83. The first-order chi connectivity index (χ1) is 9.09. The highest BCUT2D eigenvalue weighted by atomic mass is 32.3. The lowest BCUT2D eigenvalue weighted by Crippen LogP contribution is -2.35. The molecular formula is C11H11NO6S2. The van der Waals surface area contributed by atoms with Crippen LogP contribution in [0, 0.1) is 0 Å². The van der Waals surface area contributed by atoms with E-state index in [0.29, 0.717) is 9.10 Å². The van der Waals surface area contributed by atoms with Gasteiger partial charge in [0, 0.05) is 11.5 Å². The molecule has 2 aromatic rings. The van der Waals surface area contributed by atoms with Crippen LogP contribution in [0.15, 0.2) is 39.5 Å². The summed E-state index contributed by atoms with van der Waals surface area (Å²) in [7, 11) is -8.00. The Morgan fingerprint density at radius 3 is 2.10 bits per heavy atom. The van der Waals surface area contributed by atoms with Crippen molar-refractivity contribution >= 4 is 36.7 Å². The first-order valence-corrected chi connectivity index (χ1v) is 9.03. The Balaban J connectivity index is 2.73. The molecule has 2 rings (SSSR count). The van der Waals surface area contributed by atoms with Crippen LogP contribution in [0.4, 0.5) is 5.69 Å². The van der Waals surface area contributed by atoms with Crippen LogP contribution in [0.3, 0.4) is 0 Å². The van der Waals surface area contributed by atoms with Crippen molar-refractivity contribution in [3.63, 3.8) is 0 Å². The van der Waals surface area contributed by atoms with Crippen LogP contribution in [0.25, 0.3) is 11.0 Å². The van der Waals surface area contributed by atoms with Gasteiger partial charge in [-0.3, -0.25) is 0 Å². The quantitative estimate of drug-likeness (QED) is 0.765. The topological polar surface area (TPSA) is 102 Å². The highest BCUT2D eigenvalue weighted by Crippen LogP contribution is 2.25. The Morgan fingerprint density at radius 2 is 1.55 bits per heavy atom. The van der Waals surface area contributed by atoms with Gasteiger partial charge in [0.15, 0.2) is 0 Å². The molecule has 0 unspecified atom stereocenters. The van der Waals surface area contributed by atoms with Crippen molar-refractivity contribution in [1.29, 1.82) is 0 Å². The normalized spacial score (nSPS) is 12.5. The van der Waals surface area contributed by atoms with Crippen LogP contribution in [0.1, 0.15) is 0 Å². The molecular weight excluding hydrogens is 306 g/mol. The maximum atomic E-state index is 11.6. The maximum absolute atomic E-state index is 11.6. The number of sulfonamides is 2. The van der Waals surface area contributed by atoms with Crippen LogP contribution in [-0.4, -0.2) is 29.3 Å². The van der Waals surface area contributed by atoms with Crippen molar-refractivity contribution in [2.45, 2.75) is 0 Å². The van der Waals surface area contributed by atoms with Crippen LogP contribution >= 0.6 is 0 Å². The monoisotopic (exact) mass is 317 g/mol. The Morgan fingerprint density at radius 1 is 0.950 bits per heavy atom. The fourth-order valence-electron chi connectivity index (χ4n) is 1.80. The Bertz CT molecular complexity index is 895. The third-order valence-corrected chi connectivity index (χ3v) is 5.67. The molecule has 0 bridgehead atoms. The number of nitrogens with zero attached hydrogens (tertiary/aromatic N) is 1. The lowest BCUT2D eigenvalue weighted by Gasteiger charge is -2.19.